The van der Waals surface area contributed by atoms with E-state index in [-0.39, 0.29) is 17.3 Å². The molecule has 2 atom stereocenters. The van der Waals surface area contributed by atoms with Crippen LogP contribution in [0, 0.1) is 0 Å². The molecule has 10 heteroatoms. The van der Waals surface area contributed by atoms with Gasteiger partial charge in [-0.05, 0) is 30.2 Å². The largest absolute Gasteiger partial charge is 0.360 e. The summed E-state index contributed by atoms with van der Waals surface area (Å²) >= 11 is 1.77. The zero-order chi connectivity index (χ0) is 23.3. The smallest absolute Gasteiger partial charge is 0.284 e. The Labute approximate surface area is 200 Å². The summed E-state index contributed by atoms with van der Waals surface area (Å²) in [4.78, 5) is 20.2. The summed E-state index contributed by atoms with van der Waals surface area (Å²) in [5.41, 5.74) is 7.40. The molecule has 0 aliphatic carbocycles. The number of aliphatic imine (C=N–C) groups is 1. The van der Waals surface area contributed by atoms with E-state index < -0.39 is 8.07 Å². The van der Waals surface area contributed by atoms with Gasteiger partial charge in [-0.1, -0.05) is 43.5 Å². The van der Waals surface area contributed by atoms with Crippen LogP contribution >= 0.6 is 11.8 Å². The number of likely N-dealkylation sites (N-methyl/N-ethyl adjacent to an activating group) is 1. The molecule has 3 aliphatic rings. The molecule has 0 radical (unpaired) electrons. The molecule has 0 bridgehead atoms. The molecule has 1 N–H and O–H groups in total. The lowest BCUT2D eigenvalue weighted by atomic mass is 10.1. The molecular formula is C23H32N6O2SSi. The summed E-state index contributed by atoms with van der Waals surface area (Å²) in [6.07, 6.45) is 1.92. The zero-order valence-corrected chi connectivity index (χ0v) is 21.8. The highest BCUT2D eigenvalue weighted by Gasteiger charge is 2.47. The number of carbonyl (C=O) groups is 1. The molecule has 1 amide bonds. The Hall–Kier alpha value is -2.14. The summed E-state index contributed by atoms with van der Waals surface area (Å²) in [5.74, 6) is 0.0145. The summed E-state index contributed by atoms with van der Waals surface area (Å²) in [6.45, 7) is 11.4. The molecule has 4 heterocycles. The highest BCUT2D eigenvalue weighted by Crippen LogP contribution is 2.43. The molecule has 0 saturated carbocycles. The third-order valence-corrected chi connectivity index (χ3v) is 9.44. The minimum atomic E-state index is -1.11. The Balaban J connectivity index is 1.30. The van der Waals surface area contributed by atoms with Gasteiger partial charge in [0.15, 0.2) is 0 Å². The van der Waals surface area contributed by atoms with Crippen LogP contribution in [0.5, 0.6) is 0 Å². The van der Waals surface area contributed by atoms with E-state index in [4.69, 9.17) is 9.73 Å². The average molecular weight is 485 g/mol. The highest BCUT2D eigenvalue weighted by molar-refractivity contribution is 8.14. The third-order valence-electron chi connectivity index (χ3n) is 6.50. The lowest BCUT2D eigenvalue weighted by Gasteiger charge is -2.31. The van der Waals surface area contributed by atoms with E-state index in [0.29, 0.717) is 19.8 Å². The summed E-state index contributed by atoms with van der Waals surface area (Å²) in [6, 6.07) is 7.29. The second-order valence-corrected chi connectivity index (χ2v) is 17.1. The molecule has 8 nitrogen and oxygen atoms in total. The van der Waals surface area contributed by atoms with E-state index in [1.165, 1.54) is 0 Å². The van der Waals surface area contributed by atoms with Gasteiger partial charge < -0.3 is 9.64 Å². The molecule has 1 aromatic heterocycles. The van der Waals surface area contributed by atoms with E-state index in [1.807, 2.05) is 30.9 Å². The van der Waals surface area contributed by atoms with Crippen molar-refractivity contribution in [2.75, 3.05) is 20.2 Å². The first-order valence-electron chi connectivity index (χ1n) is 11.5. The van der Waals surface area contributed by atoms with Crippen molar-refractivity contribution < 1.29 is 9.53 Å². The average Bonchev–Trinajstić information content (AvgIpc) is 3.41. The van der Waals surface area contributed by atoms with Crippen LogP contribution in [-0.2, 0) is 22.8 Å². The van der Waals surface area contributed by atoms with Gasteiger partial charge in [-0.2, -0.15) is 5.10 Å². The number of fused-ring (bicyclic) bond motifs is 3. The van der Waals surface area contributed by atoms with E-state index in [9.17, 15) is 4.79 Å². The van der Waals surface area contributed by atoms with Crippen molar-refractivity contribution in [3.05, 3.63) is 41.2 Å². The first-order chi connectivity index (χ1) is 15.7. The first-order valence-corrected chi connectivity index (χ1v) is 16.0. The number of hydrogen-bond donors (Lipinski definition) is 1. The number of aromatic nitrogens is 2. The van der Waals surface area contributed by atoms with E-state index in [2.05, 4.69) is 47.2 Å². The Kier molecular flexibility index (Phi) is 5.88. The Morgan fingerprint density at radius 2 is 2.12 bits per heavy atom. The maximum atomic E-state index is 13.4. The third kappa shape index (κ3) is 4.25. The molecular weight excluding hydrogens is 452 g/mol. The predicted octanol–water partition coefficient (Wildman–Crippen LogP) is 3.25. The van der Waals surface area contributed by atoms with Gasteiger partial charge in [0.2, 0.25) is 0 Å². The number of nitrogens with zero attached hydrogens (tertiary/aromatic N) is 5. The number of ether oxygens (including phenoxy) is 1. The Morgan fingerprint density at radius 1 is 1.30 bits per heavy atom. The van der Waals surface area contributed by atoms with Crippen LogP contribution in [0.3, 0.4) is 0 Å². The van der Waals surface area contributed by atoms with Gasteiger partial charge in [-0.25, -0.2) is 10.1 Å². The second-order valence-electron chi connectivity index (χ2n) is 10.2. The van der Waals surface area contributed by atoms with E-state index >= 15 is 0 Å². The molecule has 2 aromatic rings. The van der Waals surface area contributed by atoms with Crippen LogP contribution in [0.25, 0.3) is 10.9 Å². The fourth-order valence-corrected chi connectivity index (χ4v) is 6.64. The molecule has 3 aliphatic heterocycles. The van der Waals surface area contributed by atoms with Crippen molar-refractivity contribution in [3.63, 3.8) is 0 Å². The molecule has 1 aromatic carbocycles. The number of carbonyl (C=O) groups excluding carboxylic acids is 1. The number of nitrogens with one attached hydrogen (secondary N) is 1. The summed E-state index contributed by atoms with van der Waals surface area (Å²) < 4.78 is 7.81. The minimum Gasteiger partial charge on any atom is -0.360 e. The molecule has 5 rings (SSSR count). The quantitative estimate of drug-likeness (QED) is 0.480. The van der Waals surface area contributed by atoms with Crippen molar-refractivity contribution >= 4 is 41.7 Å². The van der Waals surface area contributed by atoms with Gasteiger partial charge >= 0.3 is 0 Å². The normalized spacial score (nSPS) is 22.9. The second kappa shape index (κ2) is 8.57. The van der Waals surface area contributed by atoms with Crippen LogP contribution in [0.1, 0.15) is 12.5 Å². The van der Waals surface area contributed by atoms with Gasteiger partial charge in [-0.15, -0.1) is 0 Å². The topological polar surface area (TPSA) is 75.0 Å². The van der Waals surface area contributed by atoms with Gasteiger partial charge in [0.25, 0.3) is 5.91 Å². The van der Waals surface area contributed by atoms with E-state index in [1.54, 1.807) is 16.8 Å². The first kappa shape index (κ1) is 22.6. The number of rotatable bonds is 7. The van der Waals surface area contributed by atoms with Crippen LogP contribution < -0.4 is 5.43 Å². The maximum absolute atomic E-state index is 13.4. The van der Waals surface area contributed by atoms with Crippen molar-refractivity contribution in [1.82, 2.24) is 25.1 Å². The molecule has 0 saturated heterocycles. The lowest BCUT2D eigenvalue weighted by molar-refractivity contribution is -0.133. The van der Waals surface area contributed by atoms with E-state index in [0.717, 1.165) is 45.4 Å². The fraction of sp³-hybridized carbons (Fsp3) is 0.522. The molecule has 0 spiro atoms. The number of thioether (sulfide) groups is 1. The standard InChI is InChI=1S/C23H32N6O2SSi/c1-15-26-22-21(32-15)18-12-24-28(23(30)20(18)27(22)2)13-16-7-6-8-19-17(16)11-25-29(19)14-31-9-10-33(3,4)5/h6-8,11,21-22,24H,9-10,12-14H2,1-5H3. The summed E-state index contributed by atoms with van der Waals surface area (Å²) in [5, 5.41) is 8.67. The molecule has 176 valence electrons. The Bertz CT molecular complexity index is 1150. The summed E-state index contributed by atoms with van der Waals surface area (Å²) in [7, 11) is 0.870. The molecule has 2 unspecified atom stereocenters. The lowest BCUT2D eigenvalue weighted by Crippen LogP contribution is -2.49. The number of hydrazine groups is 1. The van der Waals surface area contributed by atoms with Gasteiger partial charge in [0, 0.05) is 33.7 Å². The fourth-order valence-electron chi connectivity index (χ4n) is 4.65. The van der Waals surface area contributed by atoms with Crippen LogP contribution in [0.2, 0.25) is 25.7 Å². The van der Waals surface area contributed by atoms with Gasteiger partial charge in [0.1, 0.15) is 18.6 Å². The number of amides is 1. The highest BCUT2D eigenvalue weighted by atomic mass is 32.2. The monoisotopic (exact) mass is 484 g/mol. The van der Waals surface area contributed by atoms with Crippen LogP contribution in [0.4, 0.5) is 0 Å². The van der Waals surface area contributed by atoms with Crippen LogP contribution in [-0.4, -0.2) is 70.3 Å². The SMILES string of the molecule is CC1=NC2C(S1)C1=C(C(=O)N(Cc3cccc4c3cnn4COCC[Si](C)(C)C)NC1)N2C. The van der Waals surface area contributed by atoms with Crippen molar-refractivity contribution in [2.24, 2.45) is 4.99 Å². The van der Waals surface area contributed by atoms with Gasteiger partial charge in [-0.3, -0.25) is 14.8 Å². The maximum Gasteiger partial charge on any atom is 0.284 e. The zero-order valence-electron chi connectivity index (χ0n) is 20.0. The van der Waals surface area contributed by atoms with Crippen molar-refractivity contribution in [1.29, 1.82) is 0 Å². The van der Waals surface area contributed by atoms with Crippen LogP contribution in [0.15, 0.2) is 40.7 Å². The number of hydrogen-bond acceptors (Lipinski definition) is 7. The van der Waals surface area contributed by atoms with Crippen molar-refractivity contribution in [2.45, 2.75) is 57.3 Å². The number of benzene rings is 1. The molecule has 33 heavy (non-hydrogen) atoms. The van der Waals surface area contributed by atoms with Crippen molar-refractivity contribution in [3.8, 4) is 0 Å². The van der Waals surface area contributed by atoms with Gasteiger partial charge in [0.05, 0.1) is 28.6 Å². The minimum absolute atomic E-state index is 0.0145. The molecule has 0 fully saturated rings. The Morgan fingerprint density at radius 3 is 2.91 bits per heavy atom. The predicted molar refractivity (Wildman–Crippen MR) is 135 cm³/mol.